The van der Waals surface area contributed by atoms with Crippen LogP contribution in [0.15, 0.2) is 22.5 Å². The summed E-state index contributed by atoms with van der Waals surface area (Å²) in [6.07, 6.45) is 11.6. The molecule has 0 aliphatic heterocycles. The smallest absolute Gasteiger partial charge is 0.362 e. The zero-order valence-electron chi connectivity index (χ0n) is 16.1. The van der Waals surface area contributed by atoms with E-state index < -0.39 is 8.07 Å². The first-order valence-electron chi connectivity index (χ1n) is 9.70. The van der Waals surface area contributed by atoms with Crippen LogP contribution in [0.1, 0.15) is 79.1 Å². The number of rotatable bonds is 6. The minimum absolute atomic E-state index is 0.236. The molecular formula is C20H32O4Si. The van der Waals surface area contributed by atoms with Crippen molar-refractivity contribution >= 4 is 19.3 Å². The molecule has 2 rings (SSSR count). The van der Waals surface area contributed by atoms with Gasteiger partial charge in [0.05, 0.1) is 12.2 Å². The lowest BCUT2D eigenvalue weighted by Crippen LogP contribution is -2.58. The predicted molar refractivity (Wildman–Crippen MR) is 102 cm³/mol. The molecule has 0 heterocycles. The maximum absolute atomic E-state index is 13.4. The minimum Gasteiger partial charge on any atom is -0.466 e. The van der Waals surface area contributed by atoms with E-state index in [1.165, 1.54) is 0 Å². The topological polar surface area (TPSA) is 52.6 Å². The SMILES string of the molecule is CC(C)OC(=O)[Si](C(=O)OC(C)C)(C1=CCCCC1)C1=CCCCC1. The van der Waals surface area contributed by atoms with Gasteiger partial charge in [-0.3, -0.25) is 9.59 Å². The Morgan fingerprint density at radius 1 is 0.800 bits per heavy atom. The third-order valence-corrected chi connectivity index (χ3v) is 9.14. The number of allylic oxidation sites excluding steroid dienone is 4. The van der Waals surface area contributed by atoms with Crippen LogP contribution in [0.4, 0.5) is 9.59 Å². The molecule has 0 aromatic carbocycles. The largest absolute Gasteiger partial charge is 0.466 e. The van der Waals surface area contributed by atoms with Gasteiger partial charge in [0.2, 0.25) is 0 Å². The van der Waals surface area contributed by atoms with E-state index in [4.69, 9.17) is 9.47 Å². The fourth-order valence-corrected chi connectivity index (χ4v) is 8.23. The van der Waals surface area contributed by atoms with Gasteiger partial charge < -0.3 is 9.47 Å². The predicted octanol–water partition coefficient (Wildman–Crippen LogP) is 5.77. The fourth-order valence-electron chi connectivity index (χ4n) is 3.78. The zero-order valence-corrected chi connectivity index (χ0v) is 17.1. The Balaban J connectivity index is 2.58. The Kier molecular flexibility index (Phi) is 7.05. The molecule has 140 valence electrons. The van der Waals surface area contributed by atoms with Crippen molar-refractivity contribution in [3.05, 3.63) is 22.5 Å². The lowest BCUT2D eigenvalue weighted by Gasteiger charge is -2.35. The van der Waals surface area contributed by atoms with E-state index in [2.05, 4.69) is 12.2 Å². The summed E-state index contributed by atoms with van der Waals surface area (Å²) in [5, 5.41) is 2.03. The first-order valence-corrected chi connectivity index (χ1v) is 11.7. The highest BCUT2D eigenvalue weighted by atomic mass is 28.3. The first-order chi connectivity index (χ1) is 11.9. The molecule has 4 nitrogen and oxygen atoms in total. The van der Waals surface area contributed by atoms with Crippen LogP contribution < -0.4 is 0 Å². The quantitative estimate of drug-likeness (QED) is 0.562. The van der Waals surface area contributed by atoms with E-state index in [-0.39, 0.29) is 23.4 Å². The number of carbonyl (C=O) groups is 2. The van der Waals surface area contributed by atoms with Crippen LogP contribution in [0.25, 0.3) is 0 Å². The van der Waals surface area contributed by atoms with Crippen LogP contribution in [0.2, 0.25) is 0 Å². The first kappa shape index (κ1) is 20.0. The van der Waals surface area contributed by atoms with Gasteiger partial charge in [-0.25, -0.2) is 0 Å². The lowest BCUT2D eigenvalue weighted by molar-refractivity contribution is 0.129. The molecule has 0 saturated heterocycles. The fraction of sp³-hybridized carbons (Fsp3) is 0.700. The molecule has 2 aliphatic carbocycles. The van der Waals surface area contributed by atoms with E-state index in [9.17, 15) is 9.59 Å². The van der Waals surface area contributed by atoms with Gasteiger partial charge in [-0.05, 0) is 79.1 Å². The summed E-state index contributed by atoms with van der Waals surface area (Å²) in [5.74, 6) is 0. The van der Waals surface area contributed by atoms with Crippen LogP contribution in [0.5, 0.6) is 0 Å². The number of hydrogen-bond donors (Lipinski definition) is 0. The molecule has 25 heavy (non-hydrogen) atoms. The Bertz CT molecular complexity index is 510. The van der Waals surface area contributed by atoms with Crippen molar-refractivity contribution in [2.45, 2.75) is 91.3 Å². The van der Waals surface area contributed by atoms with E-state index >= 15 is 0 Å². The van der Waals surface area contributed by atoms with E-state index in [1.54, 1.807) is 0 Å². The van der Waals surface area contributed by atoms with Crippen molar-refractivity contribution in [1.82, 2.24) is 0 Å². The van der Waals surface area contributed by atoms with Crippen LogP contribution >= 0.6 is 0 Å². The summed E-state index contributed by atoms with van der Waals surface area (Å²) >= 11 is 0. The van der Waals surface area contributed by atoms with Crippen molar-refractivity contribution in [3.63, 3.8) is 0 Å². The molecule has 0 aromatic heterocycles. The van der Waals surface area contributed by atoms with Crippen molar-refractivity contribution in [2.75, 3.05) is 0 Å². The molecule has 0 fully saturated rings. The standard InChI is InChI=1S/C20H32O4Si/c1-15(2)23-19(21)25(20(22)24-16(3)4,17-11-7-5-8-12-17)18-13-9-6-10-14-18/h11,13,15-16H,5-10,12,14H2,1-4H3. The Morgan fingerprint density at radius 2 is 1.20 bits per heavy atom. The highest BCUT2D eigenvalue weighted by Gasteiger charge is 2.59. The molecule has 0 atom stereocenters. The van der Waals surface area contributed by atoms with Crippen LogP contribution in [-0.4, -0.2) is 31.5 Å². The summed E-state index contributed by atoms with van der Waals surface area (Å²) in [4.78, 5) is 26.7. The zero-order chi connectivity index (χ0) is 18.4. The second-order valence-electron chi connectivity index (χ2n) is 7.61. The van der Waals surface area contributed by atoms with E-state index in [0.29, 0.717) is 0 Å². The van der Waals surface area contributed by atoms with E-state index in [0.717, 1.165) is 61.8 Å². The third-order valence-electron chi connectivity index (χ3n) is 4.84. The normalized spacial score (nSPS) is 18.6. The summed E-state index contributed by atoms with van der Waals surface area (Å²) < 4.78 is 11.3. The number of hydrogen-bond acceptors (Lipinski definition) is 4. The number of ether oxygens (including phenoxy) is 2. The van der Waals surface area contributed by atoms with Gasteiger partial charge in [0, 0.05) is 0 Å². The monoisotopic (exact) mass is 364 g/mol. The molecule has 0 radical (unpaired) electrons. The molecule has 0 aromatic rings. The molecule has 0 amide bonds. The Labute approximate surface area is 152 Å². The maximum Gasteiger partial charge on any atom is 0.362 e. The lowest BCUT2D eigenvalue weighted by atomic mass is 10.1. The van der Waals surface area contributed by atoms with E-state index in [1.807, 2.05) is 27.7 Å². The number of carbonyl (C=O) groups excluding carboxylic acids is 2. The summed E-state index contributed by atoms with van der Waals surface area (Å²) in [6.45, 7) is 7.37. The van der Waals surface area contributed by atoms with Crippen molar-refractivity contribution < 1.29 is 19.1 Å². The third kappa shape index (κ3) is 4.43. The van der Waals surface area contributed by atoms with Crippen molar-refractivity contribution in [1.29, 1.82) is 0 Å². The average molecular weight is 365 g/mol. The second kappa shape index (κ2) is 8.83. The van der Waals surface area contributed by atoms with Crippen molar-refractivity contribution in [2.24, 2.45) is 0 Å². The summed E-state index contributed by atoms with van der Waals surface area (Å²) in [5.41, 5.74) is -0.649. The molecule has 0 bridgehead atoms. The Morgan fingerprint density at radius 3 is 1.48 bits per heavy atom. The van der Waals surface area contributed by atoms with Crippen LogP contribution in [0.3, 0.4) is 0 Å². The van der Waals surface area contributed by atoms with Gasteiger partial charge in [-0.15, -0.1) is 0 Å². The van der Waals surface area contributed by atoms with Gasteiger partial charge in [0.15, 0.2) is 0 Å². The van der Waals surface area contributed by atoms with Gasteiger partial charge in [0.25, 0.3) is 11.2 Å². The highest BCUT2D eigenvalue weighted by Crippen LogP contribution is 2.39. The molecular weight excluding hydrogens is 332 g/mol. The summed E-state index contributed by atoms with van der Waals surface area (Å²) in [7, 11) is -3.33. The minimum atomic E-state index is -3.33. The van der Waals surface area contributed by atoms with Crippen LogP contribution in [-0.2, 0) is 9.47 Å². The average Bonchev–Trinajstić information content (AvgIpc) is 2.56. The summed E-state index contributed by atoms with van der Waals surface area (Å²) in [6, 6.07) is 0. The molecule has 5 heteroatoms. The maximum atomic E-state index is 13.4. The molecule has 0 spiro atoms. The van der Waals surface area contributed by atoms with Crippen molar-refractivity contribution in [3.8, 4) is 0 Å². The molecule has 0 N–H and O–H groups in total. The highest BCUT2D eigenvalue weighted by molar-refractivity contribution is 7.31. The van der Waals surface area contributed by atoms with Crippen LogP contribution in [0, 0.1) is 0 Å². The Hall–Kier alpha value is -1.36. The van der Waals surface area contributed by atoms with Gasteiger partial charge in [-0.1, -0.05) is 22.5 Å². The molecule has 0 unspecified atom stereocenters. The van der Waals surface area contributed by atoms with Gasteiger partial charge >= 0.3 is 8.07 Å². The second-order valence-corrected chi connectivity index (χ2v) is 11.2. The van der Waals surface area contributed by atoms with Gasteiger partial charge in [-0.2, -0.15) is 0 Å². The van der Waals surface area contributed by atoms with Gasteiger partial charge in [0.1, 0.15) is 0 Å². The molecule has 0 saturated carbocycles. The molecule has 2 aliphatic rings.